The van der Waals surface area contributed by atoms with Gasteiger partial charge in [0.15, 0.2) is 9.84 Å². The summed E-state index contributed by atoms with van der Waals surface area (Å²) >= 11 is 0. The summed E-state index contributed by atoms with van der Waals surface area (Å²) in [6.45, 7) is 4.02. The number of allylic oxidation sites excluding steroid dienone is 1. The highest BCUT2D eigenvalue weighted by atomic mass is 32.2. The van der Waals surface area contributed by atoms with Gasteiger partial charge in [-0.1, -0.05) is 6.58 Å². The van der Waals surface area contributed by atoms with Gasteiger partial charge in [-0.05, 0) is 12.5 Å². The number of halogens is 2. The molecule has 2 aliphatic heterocycles. The quantitative estimate of drug-likeness (QED) is 0.560. The first-order valence-electron chi connectivity index (χ1n) is 10.2. The highest BCUT2D eigenvalue weighted by Gasteiger charge is 2.42. The van der Waals surface area contributed by atoms with E-state index in [9.17, 15) is 22.0 Å². The molecule has 0 aliphatic carbocycles. The van der Waals surface area contributed by atoms with Crippen molar-refractivity contribution >= 4 is 38.6 Å². The van der Waals surface area contributed by atoms with Crippen LogP contribution in [0.1, 0.15) is 22.6 Å². The van der Waals surface area contributed by atoms with Gasteiger partial charge in [0.05, 0.1) is 42.4 Å². The number of aromatic nitrogens is 3. The predicted octanol–water partition coefficient (Wildman–Crippen LogP) is 1.93. The fourth-order valence-electron chi connectivity index (χ4n) is 3.98. The molecule has 0 radical (unpaired) electrons. The number of pyridine rings is 1. The Hall–Kier alpha value is -3.45. The number of hydrogen-bond donors (Lipinski definition) is 1. The molecule has 2 bridgehead atoms. The molecule has 2 atom stereocenters. The first-order valence-corrected chi connectivity index (χ1v) is 12.3. The summed E-state index contributed by atoms with van der Waals surface area (Å²) in [4.78, 5) is 22.8. The Morgan fingerprint density at radius 2 is 2.26 bits per heavy atom. The lowest BCUT2D eigenvalue weighted by Gasteiger charge is -2.26. The van der Waals surface area contributed by atoms with Crippen molar-refractivity contribution in [2.45, 2.75) is 24.4 Å². The van der Waals surface area contributed by atoms with Crippen LogP contribution in [0.5, 0.6) is 0 Å². The Labute approximate surface area is 194 Å². The fraction of sp³-hybridized carbons (Fsp3) is 0.333. The maximum absolute atomic E-state index is 13.1. The molecule has 13 heteroatoms. The first kappa shape index (κ1) is 23.7. The van der Waals surface area contributed by atoms with Crippen molar-refractivity contribution in [2.75, 3.05) is 19.4 Å². The number of ether oxygens (including phenoxy) is 1. The number of nitrogens with one attached hydrogen (secondary N) is 1. The van der Waals surface area contributed by atoms with Gasteiger partial charge in [0.25, 0.3) is 5.91 Å². The summed E-state index contributed by atoms with van der Waals surface area (Å²) in [5.41, 5.74) is 0.780. The van der Waals surface area contributed by atoms with Crippen LogP contribution >= 0.6 is 0 Å². The number of aliphatic imine (C=N–C) groups is 1. The number of carbonyl (C=O) groups excluding carboxylic acids is 1. The summed E-state index contributed by atoms with van der Waals surface area (Å²) in [6, 6.07) is 1.46. The number of rotatable bonds is 8. The molecule has 0 spiro atoms. The summed E-state index contributed by atoms with van der Waals surface area (Å²) in [5, 5.41) is 7.34. The zero-order valence-electron chi connectivity index (χ0n) is 18.2. The average Bonchev–Trinajstić information content (AvgIpc) is 3.49. The Morgan fingerprint density at radius 3 is 2.88 bits per heavy atom. The smallest absolute Gasteiger partial charge is 0.272 e. The number of amides is 1. The minimum atomic E-state index is -3.52. The van der Waals surface area contributed by atoms with Crippen LogP contribution in [0.3, 0.4) is 0 Å². The molecule has 0 aromatic carbocycles. The molecule has 2 aromatic heterocycles. The number of fused-ring (bicyclic) bond motifs is 3. The van der Waals surface area contributed by atoms with Gasteiger partial charge in [-0.25, -0.2) is 21.9 Å². The van der Waals surface area contributed by atoms with Gasteiger partial charge in [-0.2, -0.15) is 5.10 Å². The second kappa shape index (κ2) is 9.43. The van der Waals surface area contributed by atoms with E-state index in [1.54, 1.807) is 4.90 Å². The normalized spacial score (nSPS) is 20.8. The zero-order chi connectivity index (χ0) is 24.5. The Kier molecular flexibility index (Phi) is 6.57. The highest BCUT2D eigenvalue weighted by molar-refractivity contribution is 7.89. The largest absolute Gasteiger partial charge is 0.374 e. The van der Waals surface area contributed by atoms with E-state index >= 15 is 0 Å². The predicted molar refractivity (Wildman–Crippen MR) is 122 cm³/mol. The Bertz CT molecular complexity index is 1330. The van der Waals surface area contributed by atoms with Gasteiger partial charge < -0.3 is 15.0 Å². The van der Waals surface area contributed by atoms with E-state index in [1.807, 2.05) is 0 Å². The van der Waals surface area contributed by atoms with Crippen LogP contribution in [0.4, 0.5) is 8.78 Å². The van der Waals surface area contributed by atoms with Gasteiger partial charge in [0.1, 0.15) is 29.4 Å². The standard InChI is InChI=1S/C21H22F2N6O4S/c1-13(23)7-24-9-18(25-4-3-22)20-16-8-26-17(6-19(16)29(27-20)12-34(2,31)32)21(30)28-10-15-5-14(28)11-33-15/h3-4,6-9,14-15,25H,1,5,10-12H2,2H3/b4-3+,18-9-,24-7+. The topological polar surface area (TPSA) is 119 Å². The minimum Gasteiger partial charge on any atom is -0.374 e. The molecule has 2 fully saturated rings. The van der Waals surface area contributed by atoms with Crippen molar-refractivity contribution in [3.8, 4) is 0 Å². The van der Waals surface area contributed by atoms with Gasteiger partial charge in [0.2, 0.25) is 0 Å². The van der Waals surface area contributed by atoms with E-state index in [1.165, 1.54) is 23.1 Å². The number of nitrogens with zero attached hydrogens (tertiary/aromatic N) is 5. The van der Waals surface area contributed by atoms with Gasteiger partial charge in [-0.15, -0.1) is 0 Å². The minimum absolute atomic E-state index is 0.0131. The van der Waals surface area contributed by atoms with Gasteiger partial charge in [0, 0.05) is 30.6 Å². The average molecular weight is 493 g/mol. The van der Waals surface area contributed by atoms with E-state index in [4.69, 9.17) is 4.74 Å². The van der Waals surface area contributed by atoms with Crippen molar-refractivity contribution in [1.82, 2.24) is 25.0 Å². The highest BCUT2D eigenvalue weighted by Crippen LogP contribution is 2.30. The van der Waals surface area contributed by atoms with Crippen LogP contribution < -0.4 is 5.32 Å². The van der Waals surface area contributed by atoms with Crippen molar-refractivity contribution in [2.24, 2.45) is 4.99 Å². The van der Waals surface area contributed by atoms with E-state index in [2.05, 4.69) is 27.0 Å². The van der Waals surface area contributed by atoms with Crippen molar-refractivity contribution < 1.29 is 26.7 Å². The van der Waals surface area contributed by atoms with Crippen LogP contribution in [-0.4, -0.2) is 71.8 Å². The molecule has 2 unspecified atom stereocenters. The van der Waals surface area contributed by atoms with Crippen LogP contribution in [0, 0.1) is 0 Å². The maximum Gasteiger partial charge on any atom is 0.272 e. The van der Waals surface area contributed by atoms with Gasteiger partial charge in [-0.3, -0.25) is 14.8 Å². The number of morpholine rings is 1. The summed E-state index contributed by atoms with van der Waals surface area (Å²) in [7, 11) is -3.52. The fourth-order valence-corrected chi connectivity index (χ4v) is 4.62. The summed E-state index contributed by atoms with van der Waals surface area (Å²) < 4.78 is 56.4. The van der Waals surface area contributed by atoms with Crippen LogP contribution in [0.25, 0.3) is 16.6 Å². The lowest BCUT2D eigenvalue weighted by atomic mass is 10.2. The molecule has 4 heterocycles. The third kappa shape index (κ3) is 5.04. The molecule has 2 aliphatic rings. The van der Waals surface area contributed by atoms with Crippen LogP contribution in [-0.2, 0) is 20.5 Å². The maximum atomic E-state index is 13.1. The summed E-state index contributed by atoms with van der Waals surface area (Å²) in [5.74, 6) is -1.55. The molecule has 10 nitrogen and oxygen atoms in total. The SMILES string of the molecule is C=C(F)/C=N/C=C(\N/C=C/F)c1nn(CS(C)(=O)=O)c2cc(C(=O)N3CC4CC3CO4)ncc12. The number of sulfone groups is 1. The number of hydrogen-bond acceptors (Lipinski definition) is 8. The van der Waals surface area contributed by atoms with E-state index in [0.29, 0.717) is 24.1 Å². The number of carbonyl (C=O) groups is 1. The van der Waals surface area contributed by atoms with Gasteiger partial charge >= 0.3 is 0 Å². The molecule has 4 rings (SSSR count). The van der Waals surface area contributed by atoms with E-state index in [0.717, 1.165) is 25.1 Å². The third-order valence-electron chi connectivity index (χ3n) is 5.35. The first-order chi connectivity index (χ1) is 16.2. The molecule has 2 saturated heterocycles. The third-order valence-corrected chi connectivity index (χ3v) is 6.06. The van der Waals surface area contributed by atoms with Crippen LogP contribution in [0.2, 0.25) is 0 Å². The lowest BCUT2D eigenvalue weighted by molar-refractivity contribution is 0.0256. The molecule has 0 saturated carbocycles. The molecular formula is C21H22F2N6O4S. The van der Waals surface area contributed by atoms with Crippen molar-refractivity contribution in [1.29, 1.82) is 0 Å². The Balaban J connectivity index is 1.79. The number of likely N-dealkylation sites (tertiary alicyclic amines) is 1. The van der Waals surface area contributed by atoms with E-state index < -0.39 is 21.5 Å². The molecule has 1 N–H and O–H groups in total. The summed E-state index contributed by atoms with van der Waals surface area (Å²) in [6.07, 6.45) is 6.46. The zero-order valence-corrected chi connectivity index (χ0v) is 19.0. The van der Waals surface area contributed by atoms with Crippen molar-refractivity contribution in [3.63, 3.8) is 0 Å². The second-order valence-corrected chi connectivity index (χ2v) is 10.1. The molecule has 34 heavy (non-hydrogen) atoms. The molecule has 2 aromatic rings. The van der Waals surface area contributed by atoms with Crippen molar-refractivity contribution in [3.05, 3.63) is 54.8 Å². The molecular weight excluding hydrogens is 470 g/mol. The Morgan fingerprint density at radius 1 is 1.47 bits per heavy atom. The lowest BCUT2D eigenvalue weighted by Crippen LogP contribution is -2.41. The van der Waals surface area contributed by atoms with E-state index in [-0.39, 0.29) is 41.5 Å². The molecule has 1 amide bonds. The molecule has 180 valence electrons. The van der Waals surface area contributed by atoms with Crippen LogP contribution in [0.15, 0.2) is 48.4 Å². The monoisotopic (exact) mass is 492 g/mol. The second-order valence-electron chi connectivity index (χ2n) is 8.00.